The predicted octanol–water partition coefficient (Wildman–Crippen LogP) is 1.92. The summed E-state index contributed by atoms with van der Waals surface area (Å²) in [6, 6.07) is 19.3. The van der Waals surface area contributed by atoms with Crippen LogP contribution in [0.5, 0.6) is 0 Å². The zero-order chi connectivity index (χ0) is 21.0. The van der Waals surface area contributed by atoms with Crippen molar-refractivity contribution in [1.82, 2.24) is 20.2 Å². The average molecular weight is 399 g/mol. The van der Waals surface area contributed by atoms with E-state index in [1.54, 1.807) is 29.6 Å². The number of hydrogen-bond donors (Lipinski definition) is 2. The second-order valence-electron chi connectivity index (χ2n) is 7.40. The van der Waals surface area contributed by atoms with Crippen LogP contribution in [0.4, 0.5) is 0 Å². The van der Waals surface area contributed by atoms with Gasteiger partial charge in [0, 0.05) is 12.8 Å². The molecule has 7 heteroatoms. The van der Waals surface area contributed by atoms with Crippen molar-refractivity contribution in [1.29, 1.82) is 5.26 Å². The summed E-state index contributed by atoms with van der Waals surface area (Å²) in [5.41, 5.74) is 2.50. The lowest BCUT2D eigenvalue weighted by molar-refractivity contribution is -0.147. The Morgan fingerprint density at radius 3 is 2.37 bits per heavy atom. The Kier molecular flexibility index (Phi) is 5.31. The number of carbonyl (C=O) groups excluding carboxylic acids is 2. The van der Waals surface area contributed by atoms with Crippen LogP contribution in [0.15, 0.2) is 67.1 Å². The molecule has 0 aliphatic carbocycles. The Morgan fingerprint density at radius 1 is 1.03 bits per heavy atom. The Morgan fingerprint density at radius 2 is 1.73 bits per heavy atom. The van der Waals surface area contributed by atoms with Crippen molar-refractivity contribution in [2.24, 2.45) is 0 Å². The van der Waals surface area contributed by atoms with Gasteiger partial charge in [-0.25, -0.2) is 4.98 Å². The molecule has 1 aliphatic heterocycles. The van der Waals surface area contributed by atoms with E-state index < -0.39 is 5.54 Å². The van der Waals surface area contributed by atoms with Crippen molar-refractivity contribution >= 4 is 11.8 Å². The summed E-state index contributed by atoms with van der Waals surface area (Å²) in [5, 5.41) is 11.7. The van der Waals surface area contributed by atoms with Gasteiger partial charge in [0.15, 0.2) is 0 Å². The number of hydrogen-bond acceptors (Lipinski definition) is 4. The Labute approximate surface area is 174 Å². The Bertz CT molecular complexity index is 1070. The van der Waals surface area contributed by atoms with Crippen LogP contribution in [0, 0.1) is 11.3 Å². The van der Waals surface area contributed by atoms with Gasteiger partial charge in [0.1, 0.15) is 6.54 Å². The van der Waals surface area contributed by atoms with E-state index in [1.807, 2.05) is 42.5 Å². The smallest absolute Gasteiger partial charge is 0.243 e. The molecule has 1 aromatic heterocycles. The maximum atomic E-state index is 13.0. The Balaban J connectivity index is 1.84. The molecule has 2 amide bonds. The normalized spacial score (nSPS) is 15.9. The fraction of sp³-hybridized carbons (Fsp3) is 0.217. The van der Waals surface area contributed by atoms with Gasteiger partial charge in [0.05, 0.1) is 41.9 Å². The summed E-state index contributed by atoms with van der Waals surface area (Å²) in [6.45, 7) is -0.0577. The van der Waals surface area contributed by atoms with Crippen molar-refractivity contribution in [3.05, 3.63) is 89.5 Å². The van der Waals surface area contributed by atoms with Crippen LogP contribution in [0.3, 0.4) is 0 Å². The van der Waals surface area contributed by atoms with Crippen LogP contribution in [0.2, 0.25) is 0 Å². The average Bonchev–Trinajstić information content (AvgIpc) is 3.32. The number of aromatic nitrogens is 2. The third kappa shape index (κ3) is 3.80. The van der Waals surface area contributed by atoms with Gasteiger partial charge in [0.25, 0.3) is 0 Å². The molecular formula is C23H21N5O2. The Hall–Kier alpha value is -3.92. The first-order valence-electron chi connectivity index (χ1n) is 9.70. The van der Waals surface area contributed by atoms with Crippen LogP contribution < -0.4 is 5.32 Å². The van der Waals surface area contributed by atoms with Gasteiger partial charge in [0.2, 0.25) is 11.8 Å². The van der Waals surface area contributed by atoms with Crippen LogP contribution in [-0.2, 0) is 28.0 Å². The third-order valence-corrected chi connectivity index (χ3v) is 5.47. The molecule has 0 saturated carbocycles. The summed E-state index contributed by atoms with van der Waals surface area (Å²) in [7, 11) is 0. The van der Waals surface area contributed by atoms with Crippen LogP contribution in [0.1, 0.15) is 22.4 Å². The number of nitrogens with zero attached hydrogens (tertiary/aromatic N) is 3. The maximum Gasteiger partial charge on any atom is 0.243 e. The van der Waals surface area contributed by atoms with Gasteiger partial charge >= 0.3 is 0 Å². The zero-order valence-electron chi connectivity index (χ0n) is 16.3. The molecule has 150 valence electrons. The molecule has 1 aliphatic rings. The number of H-pyrrole nitrogens is 1. The fourth-order valence-electron chi connectivity index (χ4n) is 4.02. The van der Waals surface area contributed by atoms with Crippen molar-refractivity contribution in [2.75, 3.05) is 13.1 Å². The summed E-state index contributed by atoms with van der Waals surface area (Å²) >= 11 is 0. The molecule has 0 bridgehead atoms. The highest BCUT2D eigenvalue weighted by Crippen LogP contribution is 2.36. The van der Waals surface area contributed by atoms with E-state index in [-0.39, 0.29) is 24.9 Å². The largest absolute Gasteiger partial charge is 0.347 e. The highest BCUT2D eigenvalue weighted by Gasteiger charge is 2.45. The lowest BCUT2D eigenvalue weighted by Gasteiger charge is -2.45. The quantitative estimate of drug-likeness (QED) is 0.661. The van der Waals surface area contributed by atoms with E-state index in [2.05, 4.69) is 21.4 Å². The van der Waals surface area contributed by atoms with Gasteiger partial charge in [-0.05, 0) is 23.3 Å². The van der Waals surface area contributed by atoms with Crippen molar-refractivity contribution < 1.29 is 9.59 Å². The number of carbonyl (C=O) groups is 2. The number of imidazole rings is 1. The number of benzene rings is 2. The summed E-state index contributed by atoms with van der Waals surface area (Å²) in [6.07, 6.45) is 4.28. The molecule has 0 spiro atoms. The molecule has 1 fully saturated rings. The number of aromatic amines is 1. The molecule has 1 atom stereocenters. The summed E-state index contributed by atoms with van der Waals surface area (Å²) < 4.78 is 0. The second-order valence-corrected chi connectivity index (χ2v) is 7.40. The molecule has 1 saturated heterocycles. The lowest BCUT2D eigenvalue weighted by Crippen LogP contribution is -2.61. The third-order valence-electron chi connectivity index (χ3n) is 5.47. The maximum absolute atomic E-state index is 13.0. The molecule has 1 unspecified atom stereocenters. The molecule has 2 aromatic carbocycles. The minimum atomic E-state index is -0.832. The van der Waals surface area contributed by atoms with Gasteiger partial charge in [-0.15, -0.1) is 0 Å². The number of nitrogens with one attached hydrogen (secondary N) is 2. The minimum absolute atomic E-state index is 0.0268. The van der Waals surface area contributed by atoms with E-state index in [9.17, 15) is 9.59 Å². The van der Waals surface area contributed by atoms with Gasteiger partial charge in [-0.3, -0.25) is 9.59 Å². The molecule has 2 N–H and O–H groups in total. The van der Waals surface area contributed by atoms with Crippen molar-refractivity contribution in [3.63, 3.8) is 0 Å². The predicted molar refractivity (Wildman–Crippen MR) is 110 cm³/mol. The highest BCUT2D eigenvalue weighted by molar-refractivity contribution is 5.93. The van der Waals surface area contributed by atoms with Crippen LogP contribution >= 0.6 is 0 Å². The first-order chi connectivity index (χ1) is 14.6. The van der Waals surface area contributed by atoms with Crippen LogP contribution in [0.25, 0.3) is 0 Å². The fourth-order valence-corrected chi connectivity index (χ4v) is 4.02. The number of amides is 2. The first kappa shape index (κ1) is 19.4. The number of nitriles is 1. The first-order valence-corrected chi connectivity index (χ1v) is 9.70. The molecule has 0 radical (unpaired) electrons. The van der Waals surface area contributed by atoms with Crippen molar-refractivity contribution in [3.8, 4) is 6.07 Å². The van der Waals surface area contributed by atoms with E-state index >= 15 is 0 Å². The van der Waals surface area contributed by atoms with Gasteiger partial charge in [-0.1, -0.05) is 42.5 Å². The topological polar surface area (TPSA) is 102 Å². The van der Waals surface area contributed by atoms with E-state index in [1.165, 1.54) is 0 Å². The standard InChI is InChI=1S/C23H21N5O2/c24-12-19-8-6-18(7-9-19)11-23(20-13-25-16-27-20,10-17-4-2-1-3-5-17)28-15-21(29)26-14-22(28)30/h1-9,13,16H,10-11,14-15H2,(H,25,27)(H,26,29). The van der Waals surface area contributed by atoms with Gasteiger partial charge in [-0.2, -0.15) is 5.26 Å². The monoisotopic (exact) mass is 399 g/mol. The molecule has 7 nitrogen and oxygen atoms in total. The van der Waals surface area contributed by atoms with E-state index in [4.69, 9.17) is 5.26 Å². The number of piperazine rings is 1. The highest BCUT2D eigenvalue weighted by atomic mass is 16.2. The number of rotatable bonds is 6. The molecule has 2 heterocycles. The van der Waals surface area contributed by atoms with E-state index in [0.717, 1.165) is 16.8 Å². The molecule has 3 aromatic rings. The molecule has 4 rings (SSSR count). The lowest BCUT2D eigenvalue weighted by atomic mass is 9.79. The second kappa shape index (κ2) is 8.21. The zero-order valence-corrected chi connectivity index (χ0v) is 16.3. The minimum Gasteiger partial charge on any atom is -0.347 e. The SMILES string of the molecule is N#Cc1ccc(CC(Cc2ccccc2)(c2cnc[nH]2)N2CC(=O)NCC2=O)cc1. The summed E-state index contributed by atoms with van der Waals surface area (Å²) in [5.74, 6) is -0.333. The summed E-state index contributed by atoms with van der Waals surface area (Å²) in [4.78, 5) is 34.3. The van der Waals surface area contributed by atoms with E-state index in [0.29, 0.717) is 18.4 Å². The van der Waals surface area contributed by atoms with Crippen LogP contribution in [-0.4, -0.2) is 39.8 Å². The van der Waals surface area contributed by atoms with Crippen molar-refractivity contribution in [2.45, 2.75) is 18.4 Å². The molecule has 30 heavy (non-hydrogen) atoms. The molecular weight excluding hydrogens is 378 g/mol. The van der Waals surface area contributed by atoms with Gasteiger partial charge < -0.3 is 15.2 Å².